The normalized spacial score (nSPS) is 24.5. The maximum absolute atomic E-state index is 11.1. The largest absolute Gasteiger partial charge is 0.447 e. The molecule has 3 N–H and O–H groups in total. The molecule has 1 fully saturated rings. The van der Waals surface area contributed by atoms with Crippen LogP contribution in [0.3, 0.4) is 0 Å². The first kappa shape index (κ1) is 14.6. The highest BCUT2D eigenvalue weighted by Gasteiger charge is 2.20. The lowest BCUT2D eigenvalue weighted by molar-refractivity contribution is 0.245. The third kappa shape index (κ3) is 4.06. The Morgan fingerprint density at radius 1 is 1.37 bits per heavy atom. The molecule has 2 rings (SSSR count). The van der Waals surface area contributed by atoms with Crippen LogP contribution in [0.1, 0.15) is 38.4 Å². The molecule has 108 valence electrons. The van der Waals surface area contributed by atoms with Crippen LogP contribution in [-0.4, -0.2) is 15.0 Å². The van der Waals surface area contributed by atoms with Crippen LogP contribution in [-0.2, 0) is 16.6 Å². The number of sulfonamides is 1. The fourth-order valence-corrected chi connectivity index (χ4v) is 3.16. The quantitative estimate of drug-likeness (QED) is 0.865. The minimum Gasteiger partial charge on any atom is -0.447 e. The van der Waals surface area contributed by atoms with Crippen molar-refractivity contribution < 1.29 is 12.8 Å². The first-order chi connectivity index (χ1) is 8.97. The first-order valence-electron chi connectivity index (χ1n) is 6.79. The van der Waals surface area contributed by atoms with E-state index in [0.717, 1.165) is 12.5 Å². The molecule has 6 heteroatoms. The molecule has 0 amide bonds. The summed E-state index contributed by atoms with van der Waals surface area (Å²) in [6.07, 6.45) is 5.23. The smallest absolute Gasteiger partial charge is 0.271 e. The Morgan fingerprint density at radius 3 is 2.74 bits per heavy atom. The van der Waals surface area contributed by atoms with Crippen molar-refractivity contribution in [2.24, 2.45) is 17.0 Å². The van der Waals surface area contributed by atoms with Gasteiger partial charge in [0, 0.05) is 0 Å². The van der Waals surface area contributed by atoms with Gasteiger partial charge >= 0.3 is 0 Å². The van der Waals surface area contributed by atoms with Gasteiger partial charge < -0.3 is 9.73 Å². The van der Waals surface area contributed by atoms with Crippen LogP contribution < -0.4 is 10.5 Å². The van der Waals surface area contributed by atoms with Crippen molar-refractivity contribution >= 4 is 10.0 Å². The fraction of sp³-hybridized carbons (Fsp3) is 0.692. The highest BCUT2D eigenvalue weighted by Crippen LogP contribution is 2.28. The van der Waals surface area contributed by atoms with Crippen LogP contribution in [0.5, 0.6) is 0 Å². The van der Waals surface area contributed by atoms with Crippen molar-refractivity contribution in [3.63, 3.8) is 0 Å². The van der Waals surface area contributed by atoms with Crippen molar-refractivity contribution in [1.29, 1.82) is 0 Å². The van der Waals surface area contributed by atoms with Gasteiger partial charge in [-0.1, -0.05) is 26.2 Å². The van der Waals surface area contributed by atoms with Crippen LogP contribution in [0.25, 0.3) is 0 Å². The Morgan fingerprint density at radius 2 is 2.11 bits per heavy atom. The fourth-order valence-electron chi connectivity index (χ4n) is 2.68. The molecular formula is C13H22N2O3S. The van der Waals surface area contributed by atoms with Gasteiger partial charge in [0.25, 0.3) is 10.0 Å². The predicted octanol–water partition coefficient (Wildman–Crippen LogP) is 1.84. The highest BCUT2D eigenvalue weighted by atomic mass is 32.2. The molecule has 0 spiro atoms. The van der Waals surface area contributed by atoms with E-state index in [1.807, 2.05) is 0 Å². The predicted molar refractivity (Wildman–Crippen MR) is 72.9 cm³/mol. The van der Waals surface area contributed by atoms with E-state index >= 15 is 0 Å². The molecule has 0 saturated heterocycles. The van der Waals surface area contributed by atoms with Crippen LogP contribution in [0.15, 0.2) is 21.6 Å². The second-order valence-electron chi connectivity index (χ2n) is 5.42. The van der Waals surface area contributed by atoms with E-state index in [1.165, 1.54) is 31.7 Å². The van der Waals surface area contributed by atoms with E-state index in [1.54, 1.807) is 6.07 Å². The molecule has 0 aliphatic heterocycles. The van der Waals surface area contributed by atoms with Gasteiger partial charge in [-0.2, -0.15) is 0 Å². The van der Waals surface area contributed by atoms with Crippen LogP contribution in [0.4, 0.5) is 0 Å². The van der Waals surface area contributed by atoms with Gasteiger partial charge in [0.15, 0.2) is 0 Å². The van der Waals surface area contributed by atoms with Crippen molar-refractivity contribution in [2.45, 2.75) is 44.2 Å². The number of furan rings is 1. The van der Waals surface area contributed by atoms with Gasteiger partial charge in [-0.25, -0.2) is 13.6 Å². The summed E-state index contributed by atoms with van der Waals surface area (Å²) in [4.78, 5) is 0. The van der Waals surface area contributed by atoms with E-state index in [9.17, 15) is 8.42 Å². The molecule has 1 heterocycles. The monoisotopic (exact) mass is 286 g/mol. The lowest BCUT2D eigenvalue weighted by atomic mass is 9.80. The number of hydrogen-bond donors (Lipinski definition) is 2. The second-order valence-corrected chi connectivity index (χ2v) is 6.91. The number of nitrogens with one attached hydrogen (secondary N) is 1. The number of nitrogens with two attached hydrogens (primary N) is 1. The zero-order valence-corrected chi connectivity index (χ0v) is 12.1. The third-order valence-electron chi connectivity index (χ3n) is 3.91. The van der Waals surface area contributed by atoms with E-state index in [0.29, 0.717) is 18.2 Å². The SMILES string of the molecule is CC1CCCCC1CNCc1ccc(S(N)(=O)=O)o1. The summed E-state index contributed by atoms with van der Waals surface area (Å²) < 4.78 is 27.3. The third-order valence-corrected chi connectivity index (χ3v) is 4.69. The van der Waals surface area contributed by atoms with Crippen LogP contribution in [0, 0.1) is 11.8 Å². The number of rotatable bonds is 5. The number of primary sulfonamides is 1. The molecular weight excluding hydrogens is 264 g/mol. The highest BCUT2D eigenvalue weighted by molar-refractivity contribution is 7.89. The molecule has 1 aliphatic rings. The lowest BCUT2D eigenvalue weighted by Crippen LogP contribution is -2.28. The lowest BCUT2D eigenvalue weighted by Gasteiger charge is -2.28. The molecule has 0 radical (unpaired) electrons. The molecule has 1 saturated carbocycles. The van der Waals surface area contributed by atoms with Gasteiger partial charge in [-0.05, 0) is 36.9 Å². The molecule has 0 aromatic carbocycles. The van der Waals surface area contributed by atoms with Gasteiger partial charge in [0.05, 0.1) is 6.54 Å². The molecule has 2 unspecified atom stereocenters. The Hall–Kier alpha value is -0.850. The van der Waals surface area contributed by atoms with Crippen LogP contribution >= 0.6 is 0 Å². The molecule has 1 aromatic heterocycles. The van der Waals surface area contributed by atoms with Gasteiger partial charge in [0.2, 0.25) is 5.09 Å². The molecule has 1 aromatic rings. The van der Waals surface area contributed by atoms with Gasteiger partial charge in [0.1, 0.15) is 5.76 Å². The Labute approximate surface area is 114 Å². The van der Waals surface area contributed by atoms with E-state index < -0.39 is 10.0 Å². The van der Waals surface area contributed by atoms with Crippen molar-refractivity contribution in [1.82, 2.24) is 5.32 Å². The Bertz CT molecular complexity index is 510. The second kappa shape index (κ2) is 6.07. The summed E-state index contributed by atoms with van der Waals surface area (Å²) in [7, 11) is -3.73. The molecule has 0 bridgehead atoms. The summed E-state index contributed by atoms with van der Waals surface area (Å²) in [5.41, 5.74) is 0. The number of hydrogen-bond acceptors (Lipinski definition) is 4. The van der Waals surface area contributed by atoms with E-state index in [4.69, 9.17) is 9.56 Å². The maximum atomic E-state index is 11.1. The minimum atomic E-state index is -3.73. The molecule has 2 atom stereocenters. The summed E-state index contributed by atoms with van der Waals surface area (Å²) in [6, 6.07) is 3.05. The molecule has 19 heavy (non-hydrogen) atoms. The van der Waals surface area contributed by atoms with Crippen molar-refractivity contribution in [3.05, 3.63) is 17.9 Å². The Kier molecular flexibility index (Phi) is 4.65. The van der Waals surface area contributed by atoms with Crippen LogP contribution in [0.2, 0.25) is 0 Å². The Balaban J connectivity index is 1.81. The average Bonchev–Trinajstić information content (AvgIpc) is 2.80. The zero-order chi connectivity index (χ0) is 13.9. The summed E-state index contributed by atoms with van der Waals surface area (Å²) in [5, 5.41) is 8.16. The zero-order valence-electron chi connectivity index (χ0n) is 11.3. The van der Waals surface area contributed by atoms with E-state index in [2.05, 4.69) is 12.2 Å². The standard InChI is InChI=1S/C13H22N2O3S/c1-10-4-2-3-5-11(10)8-15-9-12-6-7-13(18-12)19(14,16)17/h6-7,10-11,15H,2-5,8-9H2,1H3,(H2,14,16,17). The minimum absolute atomic E-state index is 0.171. The maximum Gasteiger partial charge on any atom is 0.271 e. The topological polar surface area (TPSA) is 85.3 Å². The molecule has 1 aliphatic carbocycles. The summed E-state index contributed by atoms with van der Waals surface area (Å²) in [5.74, 6) is 2.08. The van der Waals surface area contributed by atoms with Crippen molar-refractivity contribution in [2.75, 3.05) is 6.54 Å². The van der Waals surface area contributed by atoms with Gasteiger partial charge in [-0.3, -0.25) is 0 Å². The average molecular weight is 286 g/mol. The first-order valence-corrected chi connectivity index (χ1v) is 8.33. The van der Waals surface area contributed by atoms with Gasteiger partial charge in [-0.15, -0.1) is 0 Å². The van der Waals surface area contributed by atoms with E-state index in [-0.39, 0.29) is 5.09 Å². The summed E-state index contributed by atoms with van der Waals surface area (Å²) >= 11 is 0. The summed E-state index contributed by atoms with van der Waals surface area (Å²) in [6.45, 7) is 3.79. The van der Waals surface area contributed by atoms with Crippen molar-refractivity contribution in [3.8, 4) is 0 Å². The molecule has 5 nitrogen and oxygen atoms in total.